The molecule has 1 heterocycles. The summed E-state index contributed by atoms with van der Waals surface area (Å²) < 4.78 is 27.8. The molecule has 1 aromatic heterocycles. The lowest BCUT2D eigenvalue weighted by Gasteiger charge is -2.07. The second-order valence-electron chi connectivity index (χ2n) is 4.61. The predicted molar refractivity (Wildman–Crippen MR) is 71.4 cm³/mol. The molecule has 0 aliphatic heterocycles. The highest BCUT2D eigenvalue weighted by atomic mass is 35.5. The van der Waals surface area contributed by atoms with E-state index in [0.29, 0.717) is 12.1 Å². The molecule has 0 saturated carbocycles. The maximum atomic E-state index is 13.2. The zero-order valence-electron chi connectivity index (χ0n) is 11.0. The molecule has 0 aliphatic carbocycles. The van der Waals surface area contributed by atoms with E-state index in [1.54, 1.807) is 10.7 Å². The molecule has 2 rings (SSSR count). The van der Waals surface area contributed by atoms with Gasteiger partial charge in [-0.1, -0.05) is 6.07 Å². The second kappa shape index (κ2) is 5.29. The number of hydrogen-bond acceptors (Lipinski definition) is 1. The highest BCUT2D eigenvalue weighted by Gasteiger charge is 2.16. The van der Waals surface area contributed by atoms with Gasteiger partial charge in [-0.2, -0.15) is 5.10 Å². The molecule has 0 N–H and O–H groups in total. The Balaban J connectivity index is 2.33. The third-order valence-corrected chi connectivity index (χ3v) is 3.37. The lowest BCUT2D eigenvalue weighted by molar-refractivity contribution is 0.505. The van der Waals surface area contributed by atoms with Crippen molar-refractivity contribution >= 4 is 11.6 Å². The second-order valence-corrected chi connectivity index (χ2v) is 5.26. The molecule has 0 saturated heterocycles. The van der Waals surface area contributed by atoms with Gasteiger partial charge in [0.1, 0.15) is 0 Å². The Bertz CT molecular complexity index is 606. The van der Waals surface area contributed by atoms with Crippen LogP contribution in [0.2, 0.25) is 0 Å². The summed E-state index contributed by atoms with van der Waals surface area (Å²) >= 11 is 6.11. The van der Waals surface area contributed by atoms with Gasteiger partial charge in [-0.25, -0.2) is 8.78 Å². The lowest BCUT2D eigenvalue weighted by atomic mass is 10.1. The van der Waals surface area contributed by atoms with E-state index >= 15 is 0 Å². The van der Waals surface area contributed by atoms with Gasteiger partial charge in [-0.15, -0.1) is 11.6 Å². The van der Waals surface area contributed by atoms with E-state index in [4.69, 9.17) is 11.6 Å². The smallest absolute Gasteiger partial charge is 0.159 e. The Morgan fingerprint density at radius 3 is 2.47 bits per heavy atom. The first kappa shape index (κ1) is 14.0. The minimum absolute atomic E-state index is 0.126. The number of benzene rings is 1. The molecule has 0 amide bonds. The Labute approximate surface area is 116 Å². The summed E-state index contributed by atoms with van der Waals surface area (Å²) in [7, 11) is 0. The summed E-state index contributed by atoms with van der Waals surface area (Å²) in [6.07, 6.45) is 0. The number of hydrogen-bond donors (Lipinski definition) is 0. The van der Waals surface area contributed by atoms with Crippen molar-refractivity contribution in [2.24, 2.45) is 0 Å². The minimum atomic E-state index is -0.843. The first-order chi connectivity index (χ1) is 8.90. The van der Waals surface area contributed by atoms with Crippen molar-refractivity contribution in [3.63, 3.8) is 0 Å². The van der Waals surface area contributed by atoms with Crippen LogP contribution in [0.4, 0.5) is 8.78 Å². The lowest BCUT2D eigenvalue weighted by Crippen LogP contribution is -2.05. The Morgan fingerprint density at radius 1 is 1.26 bits per heavy atom. The summed E-state index contributed by atoms with van der Waals surface area (Å²) in [5, 5.41) is 4.27. The van der Waals surface area contributed by atoms with Crippen molar-refractivity contribution in [3.05, 3.63) is 52.3 Å². The summed E-state index contributed by atoms with van der Waals surface area (Å²) in [5.41, 5.74) is 3.47. The maximum Gasteiger partial charge on any atom is 0.159 e. The van der Waals surface area contributed by atoms with Crippen LogP contribution in [0.1, 0.15) is 34.8 Å². The van der Waals surface area contributed by atoms with Gasteiger partial charge in [0.2, 0.25) is 0 Å². The number of nitrogens with zero attached hydrogens (tertiary/aromatic N) is 2. The molecular weight excluding hydrogens is 270 g/mol. The van der Waals surface area contributed by atoms with E-state index in [1.165, 1.54) is 6.07 Å². The van der Waals surface area contributed by atoms with Gasteiger partial charge in [0, 0.05) is 11.3 Å². The molecule has 0 bridgehead atoms. The van der Waals surface area contributed by atoms with Crippen LogP contribution in [0.5, 0.6) is 0 Å². The molecule has 0 spiro atoms. The number of halogens is 3. The SMILES string of the molecule is Cc1nn(Cc2ccc(F)c(F)c2)c(C)c1C(C)Cl. The fraction of sp³-hybridized carbons (Fsp3) is 0.357. The molecule has 102 valence electrons. The van der Waals surface area contributed by atoms with Crippen molar-refractivity contribution < 1.29 is 8.78 Å². The van der Waals surface area contributed by atoms with E-state index in [0.717, 1.165) is 23.0 Å². The van der Waals surface area contributed by atoms with Gasteiger partial charge in [-0.05, 0) is 38.5 Å². The van der Waals surface area contributed by atoms with Crippen molar-refractivity contribution in [1.29, 1.82) is 0 Å². The number of aryl methyl sites for hydroxylation is 1. The molecule has 1 unspecified atom stereocenters. The minimum Gasteiger partial charge on any atom is -0.265 e. The third kappa shape index (κ3) is 2.78. The number of rotatable bonds is 3. The third-order valence-electron chi connectivity index (χ3n) is 3.15. The zero-order chi connectivity index (χ0) is 14.2. The quantitative estimate of drug-likeness (QED) is 0.775. The molecule has 1 aromatic carbocycles. The van der Waals surface area contributed by atoms with Crippen molar-refractivity contribution in [1.82, 2.24) is 9.78 Å². The van der Waals surface area contributed by atoms with Crippen LogP contribution in [0, 0.1) is 25.5 Å². The van der Waals surface area contributed by atoms with Crippen LogP contribution in [0.25, 0.3) is 0 Å². The molecular formula is C14H15ClF2N2. The van der Waals surface area contributed by atoms with Crippen LogP contribution in [0.3, 0.4) is 0 Å². The highest BCUT2D eigenvalue weighted by molar-refractivity contribution is 6.20. The Kier molecular flexibility index (Phi) is 3.90. The maximum absolute atomic E-state index is 13.2. The Hall–Kier alpha value is -1.42. The average Bonchev–Trinajstić information content (AvgIpc) is 2.59. The molecule has 19 heavy (non-hydrogen) atoms. The van der Waals surface area contributed by atoms with Crippen LogP contribution in [-0.2, 0) is 6.54 Å². The first-order valence-electron chi connectivity index (χ1n) is 6.02. The van der Waals surface area contributed by atoms with Crippen LogP contribution in [0.15, 0.2) is 18.2 Å². The van der Waals surface area contributed by atoms with Gasteiger partial charge in [0.05, 0.1) is 17.6 Å². The van der Waals surface area contributed by atoms with Crippen molar-refractivity contribution in [3.8, 4) is 0 Å². The molecule has 0 radical (unpaired) electrons. The van der Waals surface area contributed by atoms with E-state index in [1.807, 2.05) is 20.8 Å². The highest BCUT2D eigenvalue weighted by Crippen LogP contribution is 2.26. The molecule has 0 aliphatic rings. The van der Waals surface area contributed by atoms with E-state index in [9.17, 15) is 8.78 Å². The van der Waals surface area contributed by atoms with Gasteiger partial charge in [0.15, 0.2) is 11.6 Å². The molecule has 2 aromatic rings. The normalized spacial score (nSPS) is 12.7. The van der Waals surface area contributed by atoms with Crippen molar-refractivity contribution in [2.75, 3.05) is 0 Å². The molecule has 1 atom stereocenters. The van der Waals surface area contributed by atoms with Gasteiger partial charge in [0.25, 0.3) is 0 Å². The van der Waals surface area contributed by atoms with E-state index in [2.05, 4.69) is 5.10 Å². The molecule has 5 heteroatoms. The number of alkyl halides is 1. The summed E-state index contributed by atoms with van der Waals surface area (Å²) in [6.45, 7) is 6.10. The fourth-order valence-electron chi connectivity index (χ4n) is 2.25. The van der Waals surface area contributed by atoms with Crippen molar-refractivity contribution in [2.45, 2.75) is 32.7 Å². The summed E-state index contributed by atoms with van der Waals surface area (Å²) in [6, 6.07) is 3.87. The largest absolute Gasteiger partial charge is 0.265 e. The Morgan fingerprint density at radius 2 is 1.95 bits per heavy atom. The van der Waals surface area contributed by atoms with Gasteiger partial charge < -0.3 is 0 Å². The average molecular weight is 285 g/mol. The summed E-state index contributed by atoms with van der Waals surface area (Å²) in [5.74, 6) is -1.68. The monoisotopic (exact) mass is 284 g/mol. The van der Waals surface area contributed by atoms with E-state index in [-0.39, 0.29) is 5.38 Å². The number of aromatic nitrogens is 2. The summed E-state index contributed by atoms with van der Waals surface area (Å²) in [4.78, 5) is 0. The first-order valence-corrected chi connectivity index (χ1v) is 6.45. The molecule has 2 nitrogen and oxygen atoms in total. The topological polar surface area (TPSA) is 17.8 Å². The predicted octanol–water partition coefficient (Wildman–Crippen LogP) is 4.13. The van der Waals surface area contributed by atoms with Crippen LogP contribution in [-0.4, -0.2) is 9.78 Å². The van der Waals surface area contributed by atoms with E-state index < -0.39 is 11.6 Å². The van der Waals surface area contributed by atoms with Gasteiger partial charge in [-0.3, -0.25) is 4.68 Å². The molecule has 0 fully saturated rings. The standard InChI is InChI=1S/C14H15ClF2N2/c1-8(15)14-9(2)18-19(10(14)3)7-11-4-5-12(16)13(17)6-11/h4-6,8H,7H2,1-3H3. The van der Waals surface area contributed by atoms with Gasteiger partial charge >= 0.3 is 0 Å². The zero-order valence-corrected chi connectivity index (χ0v) is 11.8. The van der Waals surface area contributed by atoms with Crippen LogP contribution < -0.4 is 0 Å². The van der Waals surface area contributed by atoms with Crippen LogP contribution >= 0.6 is 11.6 Å². The fourth-order valence-corrected chi connectivity index (χ4v) is 2.57.